The number of amides is 1. The van der Waals surface area contributed by atoms with Crippen LogP contribution in [0.15, 0.2) is 17.5 Å². The molecule has 15 heavy (non-hydrogen) atoms. The molecule has 0 aromatic carbocycles. The van der Waals surface area contributed by atoms with Crippen molar-refractivity contribution in [2.24, 2.45) is 0 Å². The van der Waals surface area contributed by atoms with Crippen LogP contribution in [0.3, 0.4) is 0 Å². The number of thiophene rings is 1. The maximum absolute atomic E-state index is 11.7. The lowest BCUT2D eigenvalue weighted by atomic mass is 9.92. The van der Waals surface area contributed by atoms with Crippen molar-refractivity contribution < 1.29 is 9.90 Å². The average molecular weight is 225 g/mol. The minimum Gasteiger partial charge on any atom is -0.391 e. The van der Waals surface area contributed by atoms with Crippen LogP contribution in [0.1, 0.15) is 35.4 Å². The van der Waals surface area contributed by atoms with Gasteiger partial charge in [-0.3, -0.25) is 4.79 Å². The number of hydrogen-bond donors (Lipinski definition) is 2. The van der Waals surface area contributed by atoms with E-state index in [1.54, 1.807) is 6.07 Å². The van der Waals surface area contributed by atoms with Crippen molar-refractivity contribution in [2.75, 3.05) is 0 Å². The van der Waals surface area contributed by atoms with Gasteiger partial charge in [0.05, 0.1) is 17.0 Å². The topological polar surface area (TPSA) is 49.3 Å². The standard InChI is InChI=1S/C11H15NO2S/c13-9-5-2-1-4-8(9)12-11(14)10-6-3-7-15-10/h3,6-9,13H,1-2,4-5H2,(H,12,14)/t8-,9-/m0/s1. The zero-order valence-corrected chi connectivity index (χ0v) is 9.30. The Labute approximate surface area is 93.1 Å². The van der Waals surface area contributed by atoms with Crippen molar-refractivity contribution in [3.8, 4) is 0 Å². The van der Waals surface area contributed by atoms with Crippen LogP contribution in [0.25, 0.3) is 0 Å². The molecule has 2 N–H and O–H groups in total. The van der Waals surface area contributed by atoms with Gasteiger partial charge in [0.25, 0.3) is 5.91 Å². The van der Waals surface area contributed by atoms with Crippen LogP contribution in [0, 0.1) is 0 Å². The van der Waals surface area contributed by atoms with E-state index in [1.165, 1.54) is 11.3 Å². The molecule has 2 rings (SSSR count). The smallest absolute Gasteiger partial charge is 0.261 e. The van der Waals surface area contributed by atoms with Crippen LogP contribution in [-0.4, -0.2) is 23.2 Å². The lowest BCUT2D eigenvalue weighted by Gasteiger charge is -2.28. The van der Waals surface area contributed by atoms with E-state index in [-0.39, 0.29) is 18.1 Å². The Morgan fingerprint density at radius 3 is 2.93 bits per heavy atom. The first-order chi connectivity index (χ1) is 7.27. The third-order valence-electron chi connectivity index (χ3n) is 2.79. The summed E-state index contributed by atoms with van der Waals surface area (Å²) in [5.41, 5.74) is 0. The fourth-order valence-electron chi connectivity index (χ4n) is 1.93. The Balaban J connectivity index is 1.93. The highest BCUT2D eigenvalue weighted by Crippen LogP contribution is 2.19. The van der Waals surface area contributed by atoms with Crippen LogP contribution in [0.2, 0.25) is 0 Å². The molecule has 1 heterocycles. The first-order valence-corrected chi connectivity index (χ1v) is 6.18. The lowest BCUT2D eigenvalue weighted by Crippen LogP contribution is -2.44. The fourth-order valence-corrected chi connectivity index (χ4v) is 2.55. The summed E-state index contributed by atoms with van der Waals surface area (Å²) >= 11 is 1.43. The van der Waals surface area contributed by atoms with Crippen molar-refractivity contribution in [1.29, 1.82) is 0 Å². The molecule has 0 aliphatic heterocycles. The molecule has 0 bridgehead atoms. The van der Waals surface area contributed by atoms with Gasteiger partial charge in [0.1, 0.15) is 0 Å². The van der Waals surface area contributed by atoms with Gasteiger partial charge in [0.2, 0.25) is 0 Å². The first kappa shape index (κ1) is 10.6. The van der Waals surface area contributed by atoms with Crippen LogP contribution in [0.4, 0.5) is 0 Å². The maximum atomic E-state index is 11.7. The Bertz CT molecular complexity index is 323. The quantitative estimate of drug-likeness (QED) is 0.806. The van der Waals surface area contributed by atoms with Crippen molar-refractivity contribution in [2.45, 2.75) is 37.8 Å². The lowest BCUT2D eigenvalue weighted by molar-refractivity contribution is 0.0720. The molecule has 3 nitrogen and oxygen atoms in total. The summed E-state index contributed by atoms with van der Waals surface area (Å²) in [6.07, 6.45) is 3.47. The molecular weight excluding hydrogens is 210 g/mol. The molecule has 2 atom stereocenters. The highest BCUT2D eigenvalue weighted by atomic mass is 32.1. The van der Waals surface area contributed by atoms with Gasteiger partial charge in [-0.1, -0.05) is 18.9 Å². The van der Waals surface area contributed by atoms with E-state index in [0.29, 0.717) is 4.88 Å². The second-order valence-corrected chi connectivity index (χ2v) is 4.86. The fraction of sp³-hybridized carbons (Fsp3) is 0.545. The normalized spacial score (nSPS) is 26.2. The van der Waals surface area contributed by atoms with E-state index >= 15 is 0 Å². The van der Waals surface area contributed by atoms with Crippen molar-refractivity contribution >= 4 is 17.2 Å². The number of rotatable bonds is 2. The summed E-state index contributed by atoms with van der Waals surface area (Å²) in [5.74, 6) is -0.0593. The number of aliphatic hydroxyl groups excluding tert-OH is 1. The van der Waals surface area contributed by atoms with Crippen molar-refractivity contribution in [3.05, 3.63) is 22.4 Å². The van der Waals surface area contributed by atoms with E-state index in [4.69, 9.17) is 0 Å². The Kier molecular flexibility index (Phi) is 3.38. The van der Waals surface area contributed by atoms with Gasteiger partial charge in [-0.15, -0.1) is 11.3 Å². The van der Waals surface area contributed by atoms with Gasteiger partial charge in [-0.2, -0.15) is 0 Å². The Hall–Kier alpha value is -0.870. The molecule has 1 fully saturated rings. The minimum atomic E-state index is -0.373. The molecule has 0 saturated heterocycles. The number of aliphatic hydroxyl groups is 1. The largest absolute Gasteiger partial charge is 0.391 e. The summed E-state index contributed by atoms with van der Waals surface area (Å²) in [5, 5.41) is 14.5. The van der Waals surface area contributed by atoms with Crippen LogP contribution >= 0.6 is 11.3 Å². The predicted molar refractivity (Wildman–Crippen MR) is 60.0 cm³/mol. The van der Waals surface area contributed by atoms with Gasteiger partial charge in [-0.25, -0.2) is 0 Å². The molecule has 4 heteroatoms. The monoisotopic (exact) mass is 225 g/mol. The zero-order valence-electron chi connectivity index (χ0n) is 8.48. The SMILES string of the molecule is O=C(N[C@H]1CCCC[C@@H]1O)c1cccs1. The number of carbonyl (C=O) groups is 1. The Morgan fingerprint density at radius 1 is 1.47 bits per heavy atom. The molecule has 0 spiro atoms. The summed E-state index contributed by atoms with van der Waals surface area (Å²) in [6.45, 7) is 0. The molecule has 1 amide bonds. The number of carbonyl (C=O) groups excluding carboxylic acids is 1. The van der Waals surface area contributed by atoms with Crippen LogP contribution < -0.4 is 5.32 Å². The van der Waals surface area contributed by atoms with E-state index in [1.807, 2.05) is 11.4 Å². The zero-order chi connectivity index (χ0) is 10.7. The molecule has 1 aliphatic rings. The molecule has 1 aromatic heterocycles. The summed E-state index contributed by atoms with van der Waals surface area (Å²) in [6, 6.07) is 3.60. The summed E-state index contributed by atoms with van der Waals surface area (Å²) < 4.78 is 0. The molecule has 82 valence electrons. The van der Waals surface area contributed by atoms with E-state index in [2.05, 4.69) is 5.32 Å². The van der Waals surface area contributed by atoms with Gasteiger partial charge >= 0.3 is 0 Å². The van der Waals surface area contributed by atoms with Gasteiger partial charge < -0.3 is 10.4 Å². The molecule has 1 saturated carbocycles. The van der Waals surface area contributed by atoms with Crippen molar-refractivity contribution in [1.82, 2.24) is 5.32 Å². The maximum Gasteiger partial charge on any atom is 0.261 e. The molecule has 1 aliphatic carbocycles. The van der Waals surface area contributed by atoms with E-state index in [0.717, 1.165) is 25.7 Å². The van der Waals surface area contributed by atoms with Crippen LogP contribution in [0.5, 0.6) is 0 Å². The number of nitrogens with one attached hydrogen (secondary N) is 1. The van der Waals surface area contributed by atoms with Crippen LogP contribution in [-0.2, 0) is 0 Å². The number of hydrogen-bond acceptors (Lipinski definition) is 3. The van der Waals surface area contributed by atoms with Gasteiger partial charge in [-0.05, 0) is 24.3 Å². The first-order valence-electron chi connectivity index (χ1n) is 5.30. The third kappa shape index (κ3) is 2.58. The molecule has 0 unspecified atom stereocenters. The summed E-state index contributed by atoms with van der Waals surface area (Å²) in [7, 11) is 0. The van der Waals surface area contributed by atoms with E-state index in [9.17, 15) is 9.90 Å². The molecule has 0 radical (unpaired) electrons. The summed E-state index contributed by atoms with van der Waals surface area (Å²) in [4.78, 5) is 12.4. The van der Waals surface area contributed by atoms with Gasteiger partial charge in [0, 0.05) is 0 Å². The van der Waals surface area contributed by atoms with Crippen molar-refractivity contribution in [3.63, 3.8) is 0 Å². The second kappa shape index (κ2) is 4.77. The minimum absolute atomic E-state index is 0.0593. The molecular formula is C11H15NO2S. The van der Waals surface area contributed by atoms with E-state index < -0.39 is 0 Å². The Morgan fingerprint density at radius 2 is 2.27 bits per heavy atom. The third-order valence-corrected chi connectivity index (χ3v) is 3.66. The van der Waals surface area contributed by atoms with Gasteiger partial charge in [0.15, 0.2) is 0 Å². The second-order valence-electron chi connectivity index (χ2n) is 3.91. The highest BCUT2D eigenvalue weighted by Gasteiger charge is 2.24. The molecule has 1 aromatic rings. The predicted octanol–water partition coefficient (Wildman–Crippen LogP) is 1.78. The highest BCUT2D eigenvalue weighted by molar-refractivity contribution is 7.12. The average Bonchev–Trinajstić information content (AvgIpc) is 2.74.